The van der Waals surface area contributed by atoms with Gasteiger partial charge in [-0.25, -0.2) is 0 Å². The summed E-state index contributed by atoms with van der Waals surface area (Å²) in [5.41, 5.74) is 1.69. The van der Waals surface area contributed by atoms with E-state index in [2.05, 4.69) is 27.9 Å². The number of nitrogens with one attached hydrogen (secondary N) is 3. The Morgan fingerprint density at radius 3 is 2.64 bits per heavy atom. The quantitative estimate of drug-likeness (QED) is 0.216. The van der Waals surface area contributed by atoms with Crippen LogP contribution in [0.1, 0.15) is 42.1 Å². The molecule has 0 bridgehead atoms. The topological polar surface area (TPSA) is 74.8 Å². The highest BCUT2D eigenvalue weighted by Gasteiger charge is 2.04. The fraction of sp³-hybridized carbons (Fsp3) is 0.556. The molecular formula is C18H31IN4O2. The van der Waals surface area contributed by atoms with Gasteiger partial charge in [0.05, 0.1) is 0 Å². The Bertz CT molecular complexity index is 524. The van der Waals surface area contributed by atoms with Crippen LogP contribution in [0.15, 0.2) is 29.3 Å². The maximum Gasteiger partial charge on any atom is 0.251 e. The molecule has 0 fully saturated rings. The van der Waals surface area contributed by atoms with Crippen molar-refractivity contribution in [3.8, 4) is 0 Å². The third-order valence-corrected chi connectivity index (χ3v) is 3.50. The van der Waals surface area contributed by atoms with Crippen LogP contribution in [-0.2, 0) is 11.3 Å². The first-order chi connectivity index (χ1) is 11.7. The standard InChI is InChI=1S/C18H30N4O2.HI/c1-4-5-11-24-12-7-10-21-18(20-3)22-14-15-8-6-9-16(13-15)17(23)19-2;/h6,8-9,13H,4-5,7,10-12,14H2,1-3H3,(H,19,23)(H2,20,21,22);1H. The van der Waals surface area contributed by atoms with E-state index >= 15 is 0 Å². The molecule has 0 saturated heterocycles. The van der Waals surface area contributed by atoms with E-state index in [-0.39, 0.29) is 29.9 Å². The minimum absolute atomic E-state index is 0. The number of aliphatic imine (C=N–C) groups is 1. The molecule has 0 spiro atoms. The van der Waals surface area contributed by atoms with Crippen LogP contribution in [0.25, 0.3) is 0 Å². The number of halogens is 1. The number of amides is 1. The first-order valence-electron chi connectivity index (χ1n) is 8.54. The van der Waals surface area contributed by atoms with Gasteiger partial charge >= 0.3 is 0 Å². The smallest absolute Gasteiger partial charge is 0.251 e. The predicted octanol–water partition coefficient (Wildman–Crippen LogP) is 2.54. The van der Waals surface area contributed by atoms with Gasteiger partial charge in [-0.2, -0.15) is 0 Å². The fourth-order valence-corrected chi connectivity index (χ4v) is 2.10. The largest absolute Gasteiger partial charge is 0.381 e. The number of hydrogen-bond donors (Lipinski definition) is 3. The Balaban J connectivity index is 0.00000576. The first kappa shape index (κ1) is 23.6. The summed E-state index contributed by atoms with van der Waals surface area (Å²) in [5, 5.41) is 9.14. The third-order valence-electron chi connectivity index (χ3n) is 3.50. The number of carbonyl (C=O) groups is 1. The van der Waals surface area contributed by atoms with Crippen molar-refractivity contribution in [2.24, 2.45) is 4.99 Å². The molecule has 0 radical (unpaired) electrons. The van der Waals surface area contributed by atoms with E-state index < -0.39 is 0 Å². The molecule has 142 valence electrons. The number of guanidine groups is 1. The maximum absolute atomic E-state index is 11.6. The van der Waals surface area contributed by atoms with E-state index in [1.807, 2.05) is 18.2 Å². The number of unbranched alkanes of at least 4 members (excludes halogenated alkanes) is 1. The van der Waals surface area contributed by atoms with Crippen molar-refractivity contribution in [2.45, 2.75) is 32.7 Å². The van der Waals surface area contributed by atoms with Gasteiger partial charge in [-0.1, -0.05) is 25.5 Å². The zero-order valence-corrected chi connectivity index (χ0v) is 17.8. The zero-order valence-electron chi connectivity index (χ0n) is 15.4. The molecule has 1 aromatic carbocycles. The number of benzene rings is 1. The van der Waals surface area contributed by atoms with Crippen LogP contribution in [0.3, 0.4) is 0 Å². The summed E-state index contributed by atoms with van der Waals surface area (Å²) in [6.07, 6.45) is 3.22. The minimum Gasteiger partial charge on any atom is -0.381 e. The Labute approximate surface area is 168 Å². The Morgan fingerprint density at radius 1 is 1.20 bits per heavy atom. The molecule has 3 N–H and O–H groups in total. The highest BCUT2D eigenvalue weighted by molar-refractivity contribution is 14.0. The molecule has 0 aliphatic rings. The molecule has 6 nitrogen and oxygen atoms in total. The summed E-state index contributed by atoms with van der Waals surface area (Å²) >= 11 is 0. The summed E-state index contributed by atoms with van der Waals surface area (Å²) in [6, 6.07) is 7.54. The maximum atomic E-state index is 11.6. The molecule has 1 rings (SSSR count). The van der Waals surface area contributed by atoms with Crippen LogP contribution in [0.5, 0.6) is 0 Å². The second-order valence-corrected chi connectivity index (χ2v) is 5.45. The molecule has 1 amide bonds. The van der Waals surface area contributed by atoms with Crippen molar-refractivity contribution in [1.29, 1.82) is 0 Å². The van der Waals surface area contributed by atoms with E-state index in [1.54, 1.807) is 20.2 Å². The summed E-state index contributed by atoms with van der Waals surface area (Å²) in [4.78, 5) is 15.8. The Hall–Kier alpha value is -1.35. The van der Waals surface area contributed by atoms with E-state index in [1.165, 1.54) is 0 Å². The highest BCUT2D eigenvalue weighted by atomic mass is 127. The Morgan fingerprint density at radius 2 is 1.96 bits per heavy atom. The summed E-state index contributed by atoms with van der Waals surface area (Å²) < 4.78 is 5.53. The normalized spacial score (nSPS) is 10.8. The van der Waals surface area contributed by atoms with Crippen molar-refractivity contribution in [2.75, 3.05) is 33.9 Å². The number of nitrogens with zero attached hydrogens (tertiary/aromatic N) is 1. The molecule has 7 heteroatoms. The zero-order chi connectivity index (χ0) is 17.6. The third kappa shape index (κ3) is 10.3. The lowest BCUT2D eigenvalue weighted by molar-refractivity contribution is 0.0963. The van der Waals surface area contributed by atoms with Crippen LogP contribution in [0.2, 0.25) is 0 Å². The second-order valence-electron chi connectivity index (χ2n) is 5.45. The predicted molar refractivity (Wildman–Crippen MR) is 114 cm³/mol. The van der Waals surface area contributed by atoms with Gasteiger partial charge in [0.2, 0.25) is 0 Å². The van der Waals surface area contributed by atoms with Crippen LogP contribution in [0.4, 0.5) is 0 Å². The van der Waals surface area contributed by atoms with Gasteiger partial charge in [0.1, 0.15) is 0 Å². The molecule has 1 aromatic rings. The summed E-state index contributed by atoms with van der Waals surface area (Å²) in [5.74, 6) is 0.663. The van der Waals surface area contributed by atoms with Crippen LogP contribution >= 0.6 is 24.0 Å². The number of carbonyl (C=O) groups excluding carboxylic acids is 1. The van der Waals surface area contributed by atoms with Crippen LogP contribution in [0, 0.1) is 0 Å². The molecule has 0 atom stereocenters. The van der Waals surface area contributed by atoms with Gasteiger partial charge in [0, 0.05) is 46.0 Å². The molecule has 0 heterocycles. The molecule has 0 aliphatic heterocycles. The van der Waals surface area contributed by atoms with Gasteiger partial charge in [0.15, 0.2) is 5.96 Å². The monoisotopic (exact) mass is 462 g/mol. The number of rotatable bonds is 10. The summed E-state index contributed by atoms with van der Waals surface area (Å²) in [6.45, 7) is 5.18. The average Bonchev–Trinajstić information content (AvgIpc) is 2.63. The van der Waals surface area contributed by atoms with Gasteiger partial charge in [-0.3, -0.25) is 9.79 Å². The van der Waals surface area contributed by atoms with Crippen molar-refractivity contribution < 1.29 is 9.53 Å². The summed E-state index contributed by atoms with van der Waals surface area (Å²) in [7, 11) is 3.37. The average molecular weight is 462 g/mol. The van der Waals surface area contributed by atoms with E-state index in [0.717, 1.165) is 50.5 Å². The molecule has 0 unspecified atom stereocenters. The van der Waals surface area contributed by atoms with E-state index in [4.69, 9.17) is 4.74 Å². The SMILES string of the molecule is CCCCOCCCNC(=NC)NCc1cccc(C(=O)NC)c1.I. The fourth-order valence-electron chi connectivity index (χ4n) is 2.10. The van der Waals surface area contributed by atoms with E-state index in [9.17, 15) is 4.79 Å². The molecule has 0 aliphatic carbocycles. The molecule has 0 aromatic heterocycles. The number of ether oxygens (including phenoxy) is 1. The Kier molecular flexibility index (Phi) is 14.1. The van der Waals surface area contributed by atoms with Crippen LogP contribution < -0.4 is 16.0 Å². The molecule has 25 heavy (non-hydrogen) atoms. The lowest BCUT2D eigenvalue weighted by Crippen LogP contribution is -2.37. The first-order valence-corrected chi connectivity index (χ1v) is 8.54. The van der Waals surface area contributed by atoms with Crippen molar-refractivity contribution >= 4 is 35.8 Å². The van der Waals surface area contributed by atoms with Gasteiger partial charge in [0.25, 0.3) is 5.91 Å². The van der Waals surface area contributed by atoms with E-state index in [0.29, 0.717) is 12.1 Å². The van der Waals surface area contributed by atoms with Gasteiger partial charge < -0.3 is 20.7 Å². The highest BCUT2D eigenvalue weighted by Crippen LogP contribution is 2.05. The van der Waals surface area contributed by atoms with Gasteiger partial charge in [-0.15, -0.1) is 24.0 Å². The molecular weight excluding hydrogens is 431 g/mol. The second kappa shape index (κ2) is 14.9. The minimum atomic E-state index is -0.0811. The van der Waals surface area contributed by atoms with Crippen LogP contribution in [-0.4, -0.2) is 45.7 Å². The number of hydrogen-bond acceptors (Lipinski definition) is 3. The lowest BCUT2D eigenvalue weighted by atomic mass is 10.1. The molecule has 0 saturated carbocycles. The van der Waals surface area contributed by atoms with Crippen molar-refractivity contribution in [3.63, 3.8) is 0 Å². The van der Waals surface area contributed by atoms with Crippen molar-refractivity contribution in [3.05, 3.63) is 35.4 Å². The lowest BCUT2D eigenvalue weighted by Gasteiger charge is -2.12. The van der Waals surface area contributed by atoms with Crippen molar-refractivity contribution in [1.82, 2.24) is 16.0 Å². The van der Waals surface area contributed by atoms with Gasteiger partial charge in [-0.05, 0) is 30.5 Å².